The van der Waals surface area contributed by atoms with Crippen LogP contribution in [0, 0.1) is 0 Å². The standard InChI is InChI=1S/C18H27N5O16P2S/c1-2-18(21-22-19)14(30)8(36-16(18)23-4-3-9(26)20-17(23)31)6-35-41(34,42)39-40(32,33)38-15-12(29)10(27)11(28)13(37-15)7(25)5-24/h2-4,7-8,10-16,24-25,27-30H,1,5-6H2,(H,32,33)(H,34,42)(H,20,26,31)/t7-,8+,10?,11?,12?,13?,14+,15?,16+,18+,41?/m0/s1. The van der Waals surface area contributed by atoms with Crippen LogP contribution in [0.4, 0.5) is 0 Å². The lowest BCUT2D eigenvalue weighted by atomic mass is 9.91. The van der Waals surface area contributed by atoms with Gasteiger partial charge in [-0.05, 0) is 17.3 Å². The lowest BCUT2D eigenvalue weighted by Crippen LogP contribution is -2.61. The van der Waals surface area contributed by atoms with Crippen LogP contribution in [0.2, 0.25) is 0 Å². The SMILES string of the molecule is C=C[C@@]1(N=[N+]=[N-])[C@H](O)[C@@H](COP(O)(=S)OP(=O)(O)OC2OC([C@@H](O)CO)C(O)C(O)C2O)O[C@H]1n1ccc(=O)[nH]c1=O. The lowest BCUT2D eigenvalue weighted by molar-refractivity contribution is -0.292. The minimum atomic E-state index is -5.54. The van der Waals surface area contributed by atoms with Crippen molar-refractivity contribution in [2.45, 2.75) is 60.8 Å². The number of aromatic amines is 1. The summed E-state index contributed by atoms with van der Waals surface area (Å²) in [5.41, 5.74) is 5.21. The van der Waals surface area contributed by atoms with Gasteiger partial charge in [0.25, 0.3) is 5.56 Å². The summed E-state index contributed by atoms with van der Waals surface area (Å²) in [6, 6.07) is 0.935. The van der Waals surface area contributed by atoms with Crippen LogP contribution in [-0.4, -0.2) is 118 Å². The van der Waals surface area contributed by atoms with Crippen LogP contribution in [0.1, 0.15) is 6.23 Å². The lowest BCUT2D eigenvalue weighted by Gasteiger charge is -2.41. The first kappa shape index (κ1) is 34.6. The Morgan fingerprint density at radius 1 is 1.26 bits per heavy atom. The number of aliphatic hydroxyl groups is 6. The van der Waals surface area contributed by atoms with E-state index in [1.54, 1.807) is 0 Å². The minimum Gasteiger partial charge on any atom is -0.394 e. The molecule has 0 aliphatic carbocycles. The number of nitrogens with zero attached hydrogens (tertiary/aromatic N) is 4. The first-order chi connectivity index (χ1) is 19.5. The minimum absolute atomic E-state index is 0.768. The molecule has 2 saturated heterocycles. The van der Waals surface area contributed by atoms with E-state index in [-0.39, 0.29) is 0 Å². The summed E-state index contributed by atoms with van der Waals surface area (Å²) in [7, 11) is -5.54. The predicted molar refractivity (Wildman–Crippen MR) is 138 cm³/mol. The maximum Gasteiger partial charge on any atom is 0.481 e. The molecule has 236 valence electrons. The molecule has 7 unspecified atom stereocenters. The molecule has 9 N–H and O–H groups in total. The molecule has 42 heavy (non-hydrogen) atoms. The van der Waals surface area contributed by atoms with Gasteiger partial charge in [-0.2, -0.15) is 0 Å². The molecule has 21 nitrogen and oxygen atoms in total. The van der Waals surface area contributed by atoms with Crippen LogP contribution in [0.5, 0.6) is 0 Å². The number of phosphoric ester groups is 1. The maximum atomic E-state index is 12.5. The molecular weight excluding hydrogens is 636 g/mol. The van der Waals surface area contributed by atoms with Crippen molar-refractivity contribution in [3.05, 3.63) is 56.2 Å². The highest BCUT2D eigenvalue weighted by Gasteiger charge is 2.56. The molecule has 2 aliphatic heterocycles. The van der Waals surface area contributed by atoms with Crippen molar-refractivity contribution in [1.29, 1.82) is 0 Å². The second-order valence-corrected chi connectivity index (χ2v) is 13.3. The van der Waals surface area contributed by atoms with Crippen LogP contribution in [-0.2, 0) is 39.2 Å². The molecule has 3 rings (SSSR count). The van der Waals surface area contributed by atoms with Crippen LogP contribution in [0.25, 0.3) is 10.4 Å². The number of aromatic nitrogens is 2. The number of azide groups is 1. The van der Waals surface area contributed by atoms with Gasteiger partial charge >= 0.3 is 20.2 Å². The molecule has 24 heteroatoms. The van der Waals surface area contributed by atoms with Crippen LogP contribution in [0.15, 0.2) is 39.6 Å². The van der Waals surface area contributed by atoms with Crippen molar-refractivity contribution in [3.63, 3.8) is 0 Å². The third-order valence-corrected chi connectivity index (χ3v) is 9.71. The summed E-state index contributed by atoms with van der Waals surface area (Å²) in [5.74, 6) is 0. The van der Waals surface area contributed by atoms with Crippen molar-refractivity contribution in [2.24, 2.45) is 5.11 Å². The van der Waals surface area contributed by atoms with E-state index in [0.29, 0.717) is 0 Å². The van der Waals surface area contributed by atoms with Crippen LogP contribution >= 0.6 is 14.5 Å². The van der Waals surface area contributed by atoms with Gasteiger partial charge in [0.2, 0.25) is 0 Å². The molecule has 12 atom stereocenters. The average molecular weight is 663 g/mol. The molecule has 0 amide bonds. The number of aliphatic hydroxyl groups excluding tert-OH is 6. The fraction of sp³-hybridized carbons (Fsp3) is 0.667. The summed E-state index contributed by atoms with van der Waals surface area (Å²) < 4.78 is 37.9. The molecule has 0 aromatic carbocycles. The fourth-order valence-corrected chi connectivity index (χ4v) is 7.23. The van der Waals surface area contributed by atoms with Gasteiger partial charge in [0.1, 0.15) is 48.3 Å². The van der Waals surface area contributed by atoms with Gasteiger partial charge in [-0.3, -0.25) is 18.9 Å². The van der Waals surface area contributed by atoms with Crippen LogP contribution in [0.3, 0.4) is 0 Å². The highest BCUT2D eigenvalue weighted by Crippen LogP contribution is 2.62. The van der Waals surface area contributed by atoms with E-state index in [1.165, 1.54) is 0 Å². The maximum absolute atomic E-state index is 12.5. The Morgan fingerprint density at radius 3 is 2.50 bits per heavy atom. The van der Waals surface area contributed by atoms with E-state index in [0.717, 1.165) is 22.9 Å². The molecule has 0 radical (unpaired) electrons. The van der Waals surface area contributed by atoms with E-state index < -0.39 is 99.8 Å². The second-order valence-electron chi connectivity index (χ2n) is 8.88. The van der Waals surface area contributed by atoms with E-state index in [1.807, 2.05) is 4.98 Å². The van der Waals surface area contributed by atoms with Gasteiger partial charge in [0.05, 0.1) is 13.2 Å². The number of nitrogens with one attached hydrogen (secondary N) is 1. The number of hydrogen-bond acceptors (Lipinski definition) is 16. The van der Waals surface area contributed by atoms with Gasteiger partial charge in [-0.25, -0.2) is 13.7 Å². The third kappa shape index (κ3) is 7.24. The van der Waals surface area contributed by atoms with Gasteiger partial charge < -0.3 is 54.4 Å². The van der Waals surface area contributed by atoms with Gasteiger partial charge in [0, 0.05) is 17.2 Å². The van der Waals surface area contributed by atoms with Gasteiger partial charge in [-0.15, -0.1) is 6.58 Å². The van der Waals surface area contributed by atoms with Crippen molar-refractivity contribution in [3.8, 4) is 0 Å². The molecule has 2 aliphatic rings. The fourth-order valence-electron chi connectivity index (χ4n) is 4.13. The summed E-state index contributed by atoms with van der Waals surface area (Å²) in [6.07, 6.45) is -15.2. The molecule has 1 aromatic rings. The predicted octanol–water partition coefficient (Wildman–Crippen LogP) is -3.44. The Bertz CT molecular complexity index is 1410. The first-order valence-electron chi connectivity index (χ1n) is 11.6. The van der Waals surface area contributed by atoms with E-state index in [4.69, 9.17) is 36.4 Å². The number of phosphoric acid groups is 1. The zero-order valence-corrected chi connectivity index (χ0v) is 23.6. The zero-order chi connectivity index (χ0) is 31.6. The Kier molecular flexibility index (Phi) is 11.0. The van der Waals surface area contributed by atoms with Crippen molar-refractivity contribution >= 4 is 26.3 Å². The van der Waals surface area contributed by atoms with Crippen molar-refractivity contribution < 1.29 is 67.8 Å². The first-order valence-corrected chi connectivity index (χ1v) is 15.6. The molecule has 1 aromatic heterocycles. The summed E-state index contributed by atoms with van der Waals surface area (Å²) in [5, 5.41) is 63.1. The zero-order valence-electron chi connectivity index (χ0n) is 21.0. The second kappa shape index (κ2) is 13.4. The average Bonchev–Trinajstić information content (AvgIpc) is 3.18. The van der Waals surface area contributed by atoms with E-state index >= 15 is 0 Å². The topological polar surface area (TPSA) is 329 Å². The quantitative estimate of drug-likeness (QED) is 0.0345. The number of ether oxygens (including phenoxy) is 2. The Morgan fingerprint density at radius 2 is 1.93 bits per heavy atom. The normalized spacial score (nSPS) is 36.8. The Hall–Kier alpha value is -1.91. The van der Waals surface area contributed by atoms with Gasteiger partial charge in [-0.1, -0.05) is 11.2 Å². The number of rotatable bonds is 12. The molecular formula is C18H27N5O16P2S. The largest absolute Gasteiger partial charge is 0.481 e. The summed E-state index contributed by atoms with van der Waals surface area (Å²) in [6.45, 7) is -3.21. The summed E-state index contributed by atoms with van der Waals surface area (Å²) in [4.78, 5) is 48.9. The number of hydrogen-bond donors (Lipinski definition) is 9. The molecule has 0 saturated carbocycles. The van der Waals surface area contributed by atoms with Crippen molar-refractivity contribution in [2.75, 3.05) is 13.2 Å². The third-order valence-electron chi connectivity index (χ3n) is 6.19. The molecule has 2 fully saturated rings. The van der Waals surface area contributed by atoms with Gasteiger partial charge in [0.15, 0.2) is 12.5 Å². The highest BCUT2D eigenvalue weighted by atomic mass is 32.5. The van der Waals surface area contributed by atoms with Crippen molar-refractivity contribution in [1.82, 2.24) is 9.55 Å². The smallest absolute Gasteiger partial charge is 0.394 e. The molecule has 0 bridgehead atoms. The van der Waals surface area contributed by atoms with Crippen LogP contribution < -0.4 is 11.2 Å². The Balaban J connectivity index is 1.75. The monoisotopic (exact) mass is 663 g/mol. The molecule has 3 heterocycles. The molecule has 0 spiro atoms. The van der Waals surface area contributed by atoms with E-state index in [2.05, 4.69) is 25.4 Å². The highest BCUT2D eigenvalue weighted by molar-refractivity contribution is 8.08. The number of H-pyrrole nitrogens is 1. The Labute approximate surface area is 239 Å². The van der Waals surface area contributed by atoms with E-state index in [9.17, 15) is 49.5 Å². The summed E-state index contributed by atoms with van der Waals surface area (Å²) >= 11 is 4.69.